The van der Waals surface area contributed by atoms with Crippen molar-refractivity contribution in [1.82, 2.24) is 29.7 Å². The molecule has 3 aromatic heterocycles. The average Bonchev–Trinajstić information content (AvgIpc) is 1.69. The Balaban J connectivity index is 0.000000273. The van der Waals surface area contributed by atoms with Crippen LogP contribution in [0.1, 0.15) is 258 Å². The van der Waals surface area contributed by atoms with Gasteiger partial charge in [0, 0.05) is 121 Å². The predicted molar refractivity (Wildman–Crippen MR) is 486 cm³/mol. The van der Waals surface area contributed by atoms with E-state index < -0.39 is 82.5 Å². The average molecular weight is 1790 g/mol. The SMILES string of the molecule is CCOC(=O)CCCCCC(=O)C[C@H](C(=O)N1C[C@H](O)C[C@H]1C(=O)CCc1ccc(-c2scnc2C)cc1)C(C)(C)C.CCOC(=O)CCCCCC(=O)O.Cc1ncsc1-c1ccc(CCC(=O)[C@@H]2C[C@@H](O)CN2C(=O)[C@@H](CC(=O)CCCCCC(=O)O)C(C)(C)C)cc1.Cc1ncsc1-c1ccc(CCC(=O)[C@@H]2C[C@@H](O)CN2C(=O)[C@@H](N)C(C)(C)C)cc1. The topological polar surface area (TPSA) is 399 Å². The van der Waals surface area contributed by atoms with Crippen LogP contribution in [0.15, 0.2) is 89.3 Å². The first-order valence-electron chi connectivity index (χ1n) is 44.1. The van der Waals surface area contributed by atoms with Crippen molar-refractivity contribution in [1.29, 1.82) is 0 Å². The number of nitrogens with zero attached hydrogens (tertiary/aromatic N) is 6. The lowest BCUT2D eigenvalue weighted by Crippen LogP contribution is -2.53. The highest BCUT2D eigenvalue weighted by atomic mass is 32.1. The summed E-state index contributed by atoms with van der Waals surface area (Å²) in [6.45, 7) is 27.9. The third-order valence-electron chi connectivity index (χ3n) is 23.0. The van der Waals surface area contributed by atoms with E-state index in [1.54, 1.807) is 47.9 Å². The number of carbonyl (C=O) groups excluding carboxylic acids is 10. The number of aliphatic carboxylic acids is 2. The van der Waals surface area contributed by atoms with Gasteiger partial charge in [-0.15, -0.1) is 34.0 Å². The van der Waals surface area contributed by atoms with Crippen molar-refractivity contribution in [3.63, 3.8) is 0 Å². The number of carboxylic acids is 2. The molecule has 3 aliphatic rings. The molecule has 0 unspecified atom stereocenters. The molecule has 3 amide bonds. The maximum atomic E-state index is 13.8. The molecule has 3 aliphatic heterocycles. The Kier molecular flexibility index (Phi) is 42.9. The second-order valence-electron chi connectivity index (χ2n) is 36.2. The van der Waals surface area contributed by atoms with Gasteiger partial charge in [0.15, 0.2) is 17.3 Å². The van der Waals surface area contributed by atoms with Gasteiger partial charge in [-0.1, -0.05) is 154 Å². The minimum atomic E-state index is -0.846. The van der Waals surface area contributed by atoms with Gasteiger partial charge in [0.05, 0.1) is 104 Å². The van der Waals surface area contributed by atoms with E-state index in [2.05, 4.69) is 27.1 Å². The lowest BCUT2D eigenvalue weighted by atomic mass is 9.76. The van der Waals surface area contributed by atoms with Crippen LogP contribution in [0.3, 0.4) is 0 Å². The van der Waals surface area contributed by atoms with Crippen LogP contribution in [0.4, 0.5) is 0 Å². The van der Waals surface area contributed by atoms with Crippen LogP contribution >= 0.6 is 34.0 Å². The molecular formula is C96H135N7O19S3. The standard InChI is InChI=1S/C33H46N2O6S.C31H42N2O6S.C23H31N3O3S.C9H16O4/c1-6-41-30(39)11-9-7-8-10-25(36)18-27(33(3,4)5)32(40)35-20-26(37)19-28(35)29(38)17-14-23-12-15-24(16-13-23)31-22(2)34-21-42-31;1-20-29(40-19-32-20)22-13-10-21(11-14-22)12-15-27(36)26-17-24(35)18-33(26)30(39)25(31(2,3)4)16-23(34)8-6-5-7-9-28(37)38;1-14-20(30-13-25-14)16-8-5-15(6-9-16)7-10-19(28)18-11-17(27)12-26(18)22(29)21(24)23(2,3)4;1-2-13-9(12)7-5-3-4-6-8(10)11/h12-13,15-16,21,26-28,37H,6-11,14,17-20H2,1-5H3;10-11,13-14,19,24-26,35H,5-9,12,15-18H2,1-4H3,(H,37,38);5-6,8-9,13,17-18,21,27H,7,10-12,24H2,1-4H3;2-7H2,1H3,(H,10,11)/t26-,27-,28+;24-,25-,26+;17-,18+,21-;/m111./s1. The van der Waals surface area contributed by atoms with E-state index in [0.29, 0.717) is 110 Å². The first-order chi connectivity index (χ1) is 59.0. The summed E-state index contributed by atoms with van der Waals surface area (Å²) in [7, 11) is 0. The number of rotatable bonds is 42. The van der Waals surface area contributed by atoms with E-state index in [4.69, 9.17) is 25.4 Å². The smallest absolute Gasteiger partial charge is 0.305 e. The lowest BCUT2D eigenvalue weighted by molar-refractivity contribution is -0.146. The van der Waals surface area contributed by atoms with E-state index in [1.165, 1.54) is 14.7 Å². The largest absolute Gasteiger partial charge is 0.481 e. The molecule has 125 heavy (non-hydrogen) atoms. The number of unbranched alkanes of at least 4 members (excludes halogenated alkanes) is 6. The zero-order valence-electron chi connectivity index (χ0n) is 75.7. The summed E-state index contributed by atoms with van der Waals surface area (Å²) in [5.74, 6) is -4.22. The van der Waals surface area contributed by atoms with Crippen molar-refractivity contribution in [3.8, 4) is 31.3 Å². The molecule has 686 valence electrons. The van der Waals surface area contributed by atoms with Crippen LogP contribution in [0.5, 0.6) is 0 Å². The second kappa shape index (κ2) is 51.1. The van der Waals surface area contributed by atoms with E-state index in [-0.39, 0.29) is 136 Å². The number of hydrogen-bond acceptors (Lipinski definition) is 24. The molecular weight excluding hydrogens is 1650 g/mol. The first kappa shape index (κ1) is 105. The molecule has 9 atom stereocenters. The summed E-state index contributed by atoms with van der Waals surface area (Å²) in [6.07, 6.45) is 8.78. The summed E-state index contributed by atoms with van der Waals surface area (Å²) in [6, 6.07) is 21.7. The fraction of sp³-hybridized carbons (Fsp3) is 0.594. The molecule has 26 nitrogen and oxygen atoms in total. The van der Waals surface area contributed by atoms with Gasteiger partial charge >= 0.3 is 23.9 Å². The molecule has 29 heteroatoms. The fourth-order valence-corrected chi connectivity index (χ4v) is 17.9. The van der Waals surface area contributed by atoms with Crippen molar-refractivity contribution in [2.45, 2.75) is 306 Å². The minimum absolute atomic E-state index is 0.000924. The Morgan fingerprint density at radius 3 is 0.920 bits per heavy atom. The number of aliphatic hydroxyl groups excluding tert-OH is 3. The number of carbonyl (C=O) groups is 12. The van der Waals surface area contributed by atoms with E-state index in [1.807, 2.05) is 160 Å². The normalized spacial score (nSPS) is 17.6. The van der Waals surface area contributed by atoms with Gasteiger partial charge in [-0.25, -0.2) is 15.0 Å². The van der Waals surface area contributed by atoms with Gasteiger partial charge in [-0.3, -0.25) is 57.5 Å². The number of esters is 2. The van der Waals surface area contributed by atoms with E-state index >= 15 is 0 Å². The third kappa shape index (κ3) is 34.6. The molecule has 6 heterocycles. The number of thiazole rings is 3. The lowest BCUT2D eigenvalue weighted by Gasteiger charge is -2.34. The van der Waals surface area contributed by atoms with Crippen molar-refractivity contribution in [2.24, 2.45) is 33.8 Å². The molecule has 9 rings (SSSR count). The van der Waals surface area contributed by atoms with Gasteiger partial charge in [-0.2, -0.15) is 0 Å². The van der Waals surface area contributed by atoms with Crippen molar-refractivity contribution >= 4 is 105 Å². The van der Waals surface area contributed by atoms with Gasteiger partial charge in [-0.05, 0) is 142 Å². The second-order valence-corrected chi connectivity index (χ2v) is 38.8. The molecule has 0 radical (unpaired) electrons. The highest BCUT2D eigenvalue weighted by Crippen LogP contribution is 2.38. The molecule has 3 aromatic carbocycles. The number of nitrogens with two attached hydrogens (primary N) is 1. The number of aromatic nitrogens is 3. The number of hydrogen-bond donors (Lipinski definition) is 6. The molecule has 0 spiro atoms. The molecule has 7 N–H and O–H groups in total. The van der Waals surface area contributed by atoms with E-state index in [0.717, 1.165) is 77.9 Å². The number of aliphatic hydroxyl groups is 3. The van der Waals surface area contributed by atoms with Gasteiger partial charge < -0.3 is 55.4 Å². The number of ether oxygens (including phenoxy) is 2. The Bertz CT molecular complexity index is 4500. The number of β-amino-alcohol motifs (C(OH)–C–C–N with tert-alkyl or cyclic N) is 3. The Morgan fingerprint density at radius 2 is 0.672 bits per heavy atom. The van der Waals surface area contributed by atoms with Gasteiger partial charge in [0.2, 0.25) is 17.7 Å². The van der Waals surface area contributed by atoms with Crippen LogP contribution in [0.2, 0.25) is 0 Å². The summed E-state index contributed by atoms with van der Waals surface area (Å²) in [4.78, 5) is 169. The van der Waals surface area contributed by atoms with Crippen molar-refractivity contribution in [3.05, 3.63) is 123 Å². The first-order valence-corrected chi connectivity index (χ1v) is 46.7. The Morgan fingerprint density at radius 1 is 0.400 bits per heavy atom. The highest BCUT2D eigenvalue weighted by molar-refractivity contribution is 7.14. The number of likely N-dealkylation sites (tertiary alicyclic amines) is 3. The number of ketones is 5. The van der Waals surface area contributed by atoms with Crippen molar-refractivity contribution in [2.75, 3.05) is 32.8 Å². The van der Waals surface area contributed by atoms with Gasteiger partial charge in [0.1, 0.15) is 11.6 Å². The van der Waals surface area contributed by atoms with Crippen LogP contribution < -0.4 is 5.73 Å². The summed E-state index contributed by atoms with van der Waals surface area (Å²) < 4.78 is 9.65. The summed E-state index contributed by atoms with van der Waals surface area (Å²) in [5.41, 5.74) is 19.7. The molecule has 6 aromatic rings. The number of amides is 3. The summed E-state index contributed by atoms with van der Waals surface area (Å²) in [5, 5.41) is 48.0. The number of carboxylic acid groups (broad SMARTS) is 2. The Hall–Kier alpha value is -8.97. The number of aryl methyl sites for hydroxylation is 6. The molecule has 0 aliphatic carbocycles. The predicted octanol–water partition coefficient (Wildman–Crippen LogP) is 15.5. The fourth-order valence-electron chi connectivity index (χ4n) is 15.5. The Labute approximate surface area is 749 Å². The van der Waals surface area contributed by atoms with Crippen molar-refractivity contribution < 1.29 is 92.5 Å². The molecule has 3 saturated heterocycles. The summed E-state index contributed by atoms with van der Waals surface area (Å²) >= 11 is 4.81. The molecule has 0 saturated carbocycles. The third-order valence-corrected chi connectivity index (χ3v) is 25.9. The monoisotopic (exact) mass is 1790 g/mol. The molecule has 0 bridgehead atoms. The number of benzene rings is 3. The minimum Gasteiger partial charge on any atom is -0.481 e. The van der Waals surface area contributed by atoms with Gasteiger partial charge in [0.25, 0.3) is 0 Å². The highest BCUT2D eigenvalue weighted by Gasteiger charge is 2.47. The number of Topliss-reactive ketones (excluding diaryl/α,β-unsaturated/α-hetero) is 5. The quantitative estimate of drug-likeness (QED) is 0.0153. The van der Waals surface area contributed by atoms with Crippen LogP contribution in [0.25, 0.3) is 31.3 Å². The maximum Gasteiger partial charge on any atom is 0.305 e. The molecule has 3 fully saturated rings. The zero-order valence-corrected chi connectivity index (χ0v) is 78.2. The van der Waals surface area contributed by atoms with Crippen LogP contribution in [-0.2, 0) is 86.3 Å². The maximum absolute atomic E-state index is 13.8. The van der Waals surface area contributed by atoms with Crippen LogP contribution in [0, 0.1) is 48.9 Å². The van der Waals surface area contributed by atoms with E-state index in [9.17, 15) is 72.9 Å². The zero-order chi connectivity index (χ0) is 92.5. The van der Waals surface area contributed by atoms with Crippen LogP contribution in [-0.4, -0.2) is 201 Å².